The minimum atomic E-state index is 0.104. The third kappa shape index (κ3) is 4.47. The maximum Gasteiger partial charge on any atom is 0.225 e. The highest BCUT2D eigenvalue weighted by Crippen LogP contribution is 2.28. The summed E-state index contributed by atoms with van der Waals surface area (Å²) in [5.41, 5.74) is 0.913. The number of pyridine rings is 1. The molecule has 4 rings (SSSR count). The molecule has 2 aliphatic rings. The van der Waals surface area contributed by atoms with Gasteiger partial charge in [-0.2, -0.15) is 0 Å². The van der Waals surface area contributed by atoms with E-state index in [2.05, 4.69) is 15.3 Å². The van der Waals surface area contributed by atoms with Crippen LogP contribution in [0, 0.1) is 12.8 Å². The van der Waals surface area contributed by atoms with E-state index in [1.165, 1.54) is 0 Å². The van der Waals surface area contributed by atoms with Crippen molar-refractivity contribution in [1.29, 1.82) is 0 Å². The number of likely N-dealkylation sites (tertiary alicyclic amines) is 1. The van der Waals surface area contributed by atoms with Gasteiger partial charge in [0, 0.05) is 56.1 Å². The van der Waals surface area contributed by atoms with Crippen molar-refractivity contribution in [2.75, 3.05) is 31.6 Å². The normalized spacial score (nSPS) is 20.8. The smallest absolute Gasteiger partial charge is 0.225 e. The van der Waals surface area contributed by atoms with Crippen molar-refractivity contribution in [1.82, 2.24) is 19.9 Å². The average molecular weight is 381 g/mol. The molecule has 148 valence electrons. The van der Waals surface area contributed by atoms with Gasteiger partial charge in [-0.15, -0.1) is 0 Å². The lowest BCUT2D eigenvalue weighted by atomic mass is 9.93. The summed E-state index contributed by atoms with van der Waals surface area (Å²) in [6.45, 7) is 4.89. The zero-order chi connectivity index (χ0) is 19.3. The number of amides is 1. The number of carbonyl (C=O) groups excluding carboxylic acids is 1. The Bertz CT molecular complexity index is 808. The van der Waals surface area contributed by atoms with Crippen LogP contribution in [0.2, 0.25) is 0 Å². The maximum absolute atomic E-state index is 12.9. The topological polar surface area (TPSA) is 80.2 Å². The third-order valence-corrected chi connectivity index (χ3v) is 5.46. The monoisotopic (exact) mass is 381 g/mol. The van der Waals surface area contributed by atoms with Crippen LogP contribution in [0.5, 0.6) is 0 Å². The van der Waals surface area contributed by atoms with E-state index < -0.39 is 0 Å². The van der Waals surface area contributed by atoms with Crippen molar-refractivity contribution in [3.8, 4) is 0 Å². The first kappa shape index (κ1) is 18.8. The van der Waals surface area contributed by atoms with Crippen LogP contribution in [0.3, 0.4) is 0 Å². The Morgan fingerprint density at radius 1 is 1.18 bits per heavy atom. The molecule has 2 aromatic heterocycles. The Hall–Kier alpha value is -2.54. The van der Waals surface area contributed by atoms with Gasteiger partial charge in [0.25, 0.3) is 0 Å². The van der Waals surface area contributed by atoms with E-state index in [1.54, 1.807) is 6.20 Å². The van der Waals surface area contributed by atoms with Crippen LogP contribution in [-0.2, 0) is 9.53 Å². The number of anilines is 2. The van der Waals surface area contributed by atoms with E-state index in [-0.39, 0.29) is 17.7 Å². The van der Waals surface area contributed by atoms with Gasteiger partial charge < -0.3 is 15.0 Å². The van der Waals surface area contributed by atoms with Gasteiger partial charge in [0.2, 0.25) is 5.91 Å². The molecule has 7 nitrogen and oxygen atoms in total. The summed E-state index contributed by atoms with van der Waals surface area (Å²) >= 11 is 0. The lowest BCUT2D eigenvalue weighted by Gasteiger charge is -2.35. The highest BCUT2D eigenvalue weighted by molar-refractivity contribution is 5.79. The number of nitrogens with zero attached hydrogens (tertiary/aromatic N) is 4. The molecular weight excluding hydrogens is 354 g/mol. The Kier molecular flexibility index (Phi) is 5.81. The minimum Gasteiger partial charge on any atom is -0.381 e. The number of piperidine rings is 1. The Labute approximate surface area is 165 Å². The van der Waals surface area contributed by atoms with Crippen LogP contribution < -0.4 is 5.32 Å². The number of aromatic nitrogens is 3. The van der Waals surface area contributed by atoms with Crippen LogP contribution in [0.1, 0.15) is 43.1 Å². The predicted molar refractivity (Wildman–Crippen MR) is 106 cm³/mol. The highest BCUT2D eigenvalue weighted by Gasteiger charge is 2.31. The number of hydrogen-bond acceptors (Lipinski definition) is 6. The van der Waals surface area contributed by atoms with Gasteiger partial charge in [-0.25, -0.2) is 15.0 Å². The number of carbonyl (C=O) groups is 1. The second-order valence-electron chi connectivity index (χ2n) is 7.60. The van der Waals surface area contributed by atoms with E-state index in [1.807, 2.05) is 36.1 Å². The zero-order valence-corrected chi connectivity index (χ0v) is 16.3. The second-order valence-corrected chi connectivity index (χ2v) is 7.60. The lowest BCUT2D eigenvalue weighted by Crippen LogP contribution is -2.44. The van der Waals surface area contributed by atoms with Gasteiger partial charge >= 0.3 is 0 Å². The van der Waals surface area contributed by atoms with Crippen LogP contribution in [0.25, 0.3) is 0 Å². The molecular formula is C21H27N5O2. The number of ether oxygens (including phenoxy) is 1. The summed E-state index contributed by atoms with van der Waals surface area (Å²) in [5.74, 6) is 2.85. The van der Waals surface area contributed by atoms with E-state index in [0.717, 1.165) is 55.4 Å². The molecule has 2 fully saturated rings. The number of rotatable bonds is 4. The largest absolute Gasteiger partial charge is 0.381 e. The molecule has 0 unspecified atom stereocenters. The zero-order valence-electron chi connectivity index (χ0n) is 16.3. The maximum atomic E-state index is 12.9. The molecule has 2 saturated heterocycles. The highest BCUT2D eigenvalue weighted by atomic mass is 16.5. The number of aryl methyl sites for hydroxylation is 1. The first-order valence-corrected chi connectivity index (χ1v) is 10.1. The minimum absolute atomic E-state index is 0.104. The van der Waals surface area contributed by atoms with Crippen molar-refractivity contribution < 1.29 is 9.53 Å². The molecule has 4 heterocycles. The van der Waals surface area contributed by atoms with Crippen LogP contribution in [0.15, 0.2) is 30.5 Å². The van der Waals surface area contributed by atoms with E-state index in [4.69, 9.17) is 9.72 Å². The Morgan fingerprint density at radius 2 is 2.04 bits per heavy atom. The molecule has 2 aliphatic heterocycles. The fraction of sp³-hybridized carbons (Fsp3) is 0.524. The SMILES string of the molecule is Cc1cc(Nc2ccccn2)nc([C@H]2CCCN(C(=O)C3CCOCC3)C2)n1. The van der Waals surface area contributed by atoms with Crippen molar-refractivity contribution in [3.05, 3.63) is 42.0 Å². The van der Waals surface area contributed by atoms with Gasteiger partial charge in [-0.05, 0) is 44.7 Å². The lowest BCUT2D eigenvalue weighted by molar-refractivity contribution is -0.139. The van der Waals surface area contributed by atoms with Gasteiger partial charge in [0.05, 0.1) is 0 Å². The van der Waals surface area contributed by atoms with Gasteiger partial charge in [0.1, 0.15) is 17.5 Å². The van der Waals surface area contributed by atoms with E-state index in [0.29, 0.717) is 19.8 Å². The van der Waals surface area contributed by atoms with Crippen molar-refractivity contribution in [2.45, 2.75) is 38.5 Å². The molecule has 0 saturated carbocycles. The van der Waals surface area contributed by atoms with Gasteiger partial charge in [-0.3, -0.25) is 4.79 Å². The standard InChI is InChI=1S/C21H27N5O2/c1-15-13-19(24-18-6-2-3-9-22-18)25-20(23-15)17-5-4-10-26(14-17)21(27)16-7-11-28-12-8-16/h2-3,6,9,13,16-17H,4-5,7-8,10-12,14H2,1H3,(H,22,23,24,25)/t17-/m0/s1. The molecule has 1 atom stereocenters. The quantitative estimate of drug-likeness (QED) is 0.877. The molecule has 28 heavy (non-hydrogen) atoms. The van der Waals surface area contributed by atoms with E-state index >= 15 is 0 Å². The molecule has 0 aliphatic carbocycles. The van der Waals surface area contributed by atoms with Crippen LogP contribution in [0.4, 0.5) is 11.6 Å². The summed E-state index contributed by atoms with van der Waals surface area (Å²) in [5, 5.41) is 3.25. The molecule has 0 radical (unpaired) electrons. The second kappa shape index (κ2) is 8.65. The van der Waals surface area contributed by atoms with Crippen LogP contribution in [-0.4, -0.2) is 52.1 Å². The Morgan fingerprint density at radius 3 is 2.82 bits per heavy atom. The first-order chi connectivity index (χ1) is 13.7. The van der Waals surface area contributed by atoms with Gasteiger partial charge in [0.15, 0.2) is 0 Å². The molecule has 0 spiro atoms. The molecule has 7 heteroatoms. The van der Waals surface area contributed by atoms with E-state index in [9.17, 15) is 4.79 Å². The fourth-order valence-corrected chi connectivity index (χ4v) is 4.00. The average Bonchev–Trinajstić information content (AvgIpc) is 2.74. The molecule has 0 bridgehead atoms. The summed E-state index contributed by atoms with van der Waals surface area (Å²) in [7, 11) is 0. The number of hydrogen-bond donors (Lipinski definition) is 1. The summed E-state index contributed by atoms with van der Waals surface area (Å²) in [4.78, 5) is 28.6. The molecule has 1 amide bonds. The van der Waals surface area contributed by atoms with Crippen molar-refractivity contribution >= 4 is 17.5 Å². The molecule has 1 N–H and O–H groups in total. The first-order valence-electron chi connectivity index (χ1n) is 10.1. The van der Waals surface area contributed by atoms with Gasteiger partial charge in [-0.1, -0.05) is 6.07 Å². The van der Waals surface area contributed by atoms with Crippen molar-refractivity contribution in [2.24, 2.45) is 5.92 Å². The molecule has 0 aromatic carbocycles. The molecule has 2 aromatic rings. The fourth-order valence-electron chi connectivity index (χ4n) is 4.00. The Balaban J connectivity index is 1.47. The summed E-state index contributed by atoms with van der Waals surface area (Å²) in [6.07, 6.45) is 5.40. The third-order valence-electron chi connectivity index (χ3n) is 5.46. The number of nitrogens with one attached hydrogen (secondary N) is 1. The van der Waals surface area contributed by atoms with Crippen molar-refractivity contribution in [3.63, 3.8) is 0 Å². The van der Waals surface area contributed by atoms with Crippen LogP contribution >= 0.6 is 0 Å². The predicted octanol–water partition coefficient (Wildman–Crippen LogP) is 3.06. The summed E-state index contributed by atoms with van der Waals surface area (Å²) in [6, 6.07) is 7.65. The summed E-state index contributed by atoms with van der Waals surface area (Å²) < 4.78 is 5.40.